The second kappa shape index (κ2) is 6.52. The minimum Gasteiger partial charge on any atom is -0.346 e. The van der Waals surface area contributed by atoms with Gasteiger partial charge in [0.15, 0.2) is 0 Å². The summed E-state index contributed by atoms with van der Waals surface area (Å²) in [5.74, 6) is 2.59. The molecule has 2 aliphatic carbocycles. The second-order valence-electron chi connectivity index (χ2n) is 7.42. The van der Waals surface area contributed by atoms with Crippen LogP contribution >= 0.6 is 15.9 Å². The number of nitrogens with zero attached hydrogens (tertiary/aromatic N) is 1. The molecule has 3 aliphatic rings. The molecular formula is C20H26BrN2+. The van der Waals surface area contributed by atoms with Crippen LogP contribution in [-0.4, -0.2) is 18.1 Å². The Morgan fingerprint density at radius 3 is 2.91 bits per heavy atom. The van der Waals surface area contributed by atoms with Crippen LogP contribution in [0.2, 0.25) is 0 Å². The molecule has 1 aromatic rings. The molecule has 3 heteroatoms. The van der Waals surface area contributed by atoms with Gasteiger partial charge in [-0.3, -0.25) is 4.98 Å². The average molecular weight is 374 g/mol. The molecule has 0 amide bonds. The van der Waals surface area contributed by atoms with E-state index in [2.05, 4.69) is 58.5 Å². The number of pyridine rings is 1. The van der Waals surface area contributed by atoms with Gasteiger partial charge >= 0.3 is 0 Å². The number of rotatable bonds is 1. The fourth-order valence-corrected chi connectivity index (χ4v) is 5.71. The average Bonchev–Trinajstić information content (AvgIpc) is 2.70. The molecule has 1 aromatic heterocycles. The van der Waals surface area contributed by atoms with Crippen LogP contribution in [0.5, 0.6) is 0 Å². The third-order valence-corrected chi connectivity index (χ3v) is 6.83. The van der Waals surface area contributed by atoms with Crippen molar-refractivity contribution >= 4 is 15.9 Å². The number of aromatic nitrogens is 1. The van der Waals surface area contributed by atoms with E-state index in [0.29, 0.717) is 22.6 Å². The Hall–Kier alpha value is -0.930. The fraction of sp³-hybridized carbons (Fsp3) is 0.550. The number of nitrogens with two attached hydrogens (primary N) is 1. The minimum atomic E-state index is 0.425. The van der Waals surface area contributed by atoms with Gasteiger partial charge < -0.3 is 5.32 Å². The van der Waals surface area contributed by atoms with Gasteiger partial charge in [0.05, 0.1) is 13.1 Å². The molecule has 2 heterocycles. The Morgan fingerprint density at radius 1 is 1.26 bits per heavy atom. The summed E-state index contributed by atoms with van der Waals surface area (Å²) in [4.78, 5) is 5.33. The summed E-state index contributed by atoms with van der Waals surface area (Å²) in [5.41, 5.74) is 4.22. The third-order valence-electron chi connectivity index (χ3n) is 5.96. The molecule has 4 atom stereocenters. The van der Waals surface area contributed by atoms with Crippen LogP contribution in [0.25, 0.3) is 0 Å². The van der Waals surface area contributed by atoms with E-state index in [4.69, 9.17) is 4.98 Å². The molecule has 122 valence electrons. The molecule has 2 N–H and O–H groups in total. The summed E-state index contributed by atoms with van der Waals surface area (Å²) in [6.07, 6.45) is 13.2. The third kappa shape index (κ3) is 2.94. The monoisotopic (exact) mass is 373 g/mol. The molecule has 2 nitrogen and oxygen atoms in total. The van der Waals surface area contributed by atoms with Gasteiger partial charge in [0.25, 0.3) is 0 Å². The van der Waals surface area contributed by atoms with E-state index in [1.807, 2.05) is 6.20 Å². The first-order chi connectivity index (χ1) is 11.2. The number of hydrogen-bond acceptors (Lipinski definition) is 1. The minimum absolute atomic E-state index is 0.425. The number of hydrogen-bond donors (Lipinski definition) is 1. The molecule has 1 saturated heterocycles. The van der Waals surface area contributed by atoms with Crippen molar-refractivity contribution in [3.8, 4) is 0 Å². The molecule has 0 spiro atoms. The predicted molar refractivity (Wildman–Crippen MR) is 97.5 cm³/mol. The summed E-state index contributed by atoms with van der Waals surface area (Å²) in [6, 6.07) is 4.39. The van der Waals surface area contributed by atoms with Gasteiger partial charge in [0.2, 0.25) is 0 Å². The lowest BCUT2D eigenvalue weighted by atomic mass is 9.69. The van der Waals surface area contributed by atoms with E-state index in [-0.39, 0.29) is 0 Å². The van der Waals surface area contributed by atoms with Crippen molar-refractivity contribution in [2.45, 2.75) is 36.9 Å². The van der Waals surface area contributed by atoms with E-state index in [9.17, 15) is 0 Å². The van der Waals surface area contributed by atoms with Crippen molar-refractivity contribution in [3.05, 3.63) is 53.4 Å². The summed E-state index contributed by atoms with van der Waals surface area (Å²) >= 11 is 3.97. The first-order valence-corrected chi connectivity index (χ1v) is 9.93. The first kappa shape index (κ1) is 15.6. The van der Waals surface area contributed by atoms with Crippen molar-refractivity contribution < 1.29 is 5.32 Å². The number of piperidine rings is 1. The first-order valence-electron chi connectivity index (χ1n) is 9.01. The molecule has 0 saturated carbocycles. The maximum absolute atomic E-state index is 4.90. The van der Waals surface area contributed by atoms with Gasteiger partial charge in [-0.2, -0.15) is 0 Å². The smallest absolute Gasteiger partial charge is 0.0758 e. The van der Waals surface area contributed by atoms with Gasteiger partial charge in [-0.05, 0) is 42.7 Å². The summed E-state index contributed by atoms with van der Waals surface area (Å²) < 4.78 is 0. The van der Waals surface area contributed by atoms with E-state index in [1.54, 1.807) is 0 Å². The lowest BCUT2D eigenvalue weighted by Gasteiger charge is -2.37. The van der Waals surface area contributed by atoms with Gasteiger partial charge in [0.1, 0.15) is 0 Å². The topological polar surface area (TPSA) is 29.5 Å². The summed E-state index contributed by atoms with van der Waals surface area (Å²) in [7, 11) is 0. The zero-order chi connectivity index (χ0) is 15.8. The second-order valence-corrected chi connectivity index (χ2v) is 8.53. The highest BCUT2D eigenvalue weighted by Crippen LogP contribution is 2.51. The van der Waals surface area contributed by atoms with Crippen LogP contribution in [0.1, 0.15) is 48.2 Å². The van der Waals surface area contributed by atoms with Crippen molar-refractivity contribution in [1.29, 1.82) is 0 Å². The maximum atomic E-state index is 4.90. The number of fused-ring (bicyclic) bond motifs is 2. The van der Waals surface area contributed by atoms with Crippen LogP contribution in [0, 0.1) is 17.8 Å². The largest absolute Gasteiger partial charge is 0.346 e. The predicted octanol–water partition coefficient (Wildman–Crippen LogP) is 3.73. The lowest BCUT2D eigenvalue weighted by molar-refractivity contribution is -0.665. The fourth-order valence-electron chi connectivity index (χ4n) is 4.89. The zero-order valence-electron chi connectivity index (χ0n) is 13.8. The van der Waals surface area contributed by atoms with Crippen LogP contribution in [-0.2, 0) is 0 Å². The number of allylic oxidation sites excluding steroid dienone is 4. The van der Waals surface area contributed by atoms with E-state index < -0.39 is 0 Å². The van der Waals surface area contributed by atoms with Crippen LogP contribution in [0.4, 0.5) is 0 Å². The zero-order valence-corrected chi connectivity index (χ0v) is 15.4. The highest BCUT2D eigenvalue weighted by Gasteiger charge is 2.41. The Morgan fingerprint density at radius 2 is 2.09 bits per heavy atom. The molecule has 0 aromatic carbocycles. The van der Waals surface area contributed by atoms with Gasteiger partial charge in [0, 0.05) is 35.5 Å². The van der Waals surface area contributed by atoms with Crippen molar-refractivity contribution in [1.82, 2.24) is 4.98 Å². The normalized spacial score (nSPS) is 34.3. The van der Waals surface area contributed by atoms with E-state index in [1.165, 1.54) is 49.2 Å². The SMILES string of the molecule is CC1=CC2CC(Br)c3cccnc3C(C3CC[NH2+]CC3)C2C=C1. The van der Waals surface area contributed by atoms with Crippen LogP contribution in [0.3, 0.4) is 0 Å². The molecule has 4 rings (SSSR count). The van der Waals surface area contributed by atoms with Gasteiger partial charge in [-0.15, -0.1) is 0 Å². The van der Waals surface area contributed by atoms with E-state index in [0.717, 1.165) is 5.92 Å². The Bertz CT molecular complexity index is 630. The van der Waals surface area contributed by atoms with Crippen LogP contribution < -0.4 is 5.32 Å². The number of quaternary nitrogens is 1. The van der Waals surface area contributed by atoms with E-state index >= 15 is 0 Å². The van der Waals surface area contributed by atoms with Crippen molar-refractivity contribution in [3.63, 3.8) is 0 Å². The summed E-state index contributed by atoms with van der Waals surface area (Å²) in [5, 5.41) is 2.47. The Balaban J connectivity index is 1.80. The molecule has 4 unspecified atom stereocenters. The molecular weight excluding hydrogens is 348 g/mol. The molecule has 0 radical (unpaired) electrons. The van der Waals surface area contributed by atoms with Crippen LogP contribution in [0.15, 0.2) is 42.1 Å². The molecule has 23 heavy (non-hydrogen) atoms. The molecule has 1 fully saturated rings. The molecule has 1 aliphatic heterocycles. The number of alkyl halides is 1. The molecule has 0 bridgehead atoms. The van der Waals surface area contributed by atoms with Crippen molar-refractivity contribution in [2.24, 2.45) is 17.8 Å². The van der Waals surface area contributed by atoms with Crippen molar-refractivity contribution in [2.75, 3.05) is 13.1 Å². The maximum Gasteiger partial charge on any atom is 0.0758 e. The standard InChI is InChI=1S/C20H25BrN2/c1-13-4-5-16-15(11-13)12-18(21)17-3-2-8-23-20(17)19(16)14-6-9-22-10-7-14/h2-5,8,11,14-16,18-19,22H,6-7,9-10,12H2,1H3/p+1. The lowest BCUT2D eigenvalue weighted by Crippen LogP contribution is -2.86. The Labute approximate surface area is 147 Å². The number of halogens is 1. The summed E-state index contributed by atoms with van der Waals surface area (Å²) in [6.45, 7) is 4.78. The van der Waals surface area contributed by atoms with Gasteiger partial charge in [-0.25, -0.2) is 0 Å². The highest BCUT2D eigenvalue weighted by molar-refractivity contribution is 9.09. The Kier molecular flexibility index (Phi) is 4.42. The quantitative estimate of drug-likeness (QED) is 0.746. The van der Waals surface area contributed by atoms with Gasteiger partial charge in [-0.1, -0.05) is 45.8 Å². The highest BCUT2D eigenvalue weighted by atomic mass is 79.9.